The van der Waals surface area contributed by atoms with Crippen LogP contribution in [0.4, 0.5) is 0 Å². The van der Waals surface area contributed by atoms with Gasteiger partial charge >= 0.3 is 11.9 Å². The van der Waals surface area contributed by atoms with Crippen molar-refractivity contribution in [1.82, 2.24) is 0 Å². The van der Waals surface area contributed by atoms with E-state index in [1.807, 2.05) is 30.3 Å². The number of rotatable bonds is 7. The van der Waals surface area contributed by atoms with Gasteiger partial charge in [0.2, 0.25) is 0 Å². The van der Waals surface area contributed by atoms with Crippen molar-refractivity contribution in [2.24, 2.45) is 5.92 Å². The first-order chi connectivity index (χ1) is 9.08. The zero-order chi connectivity index (χ0) is 14.3. The minimum absolute atomic E-state index is 0.154. The molecule has 0 fully saturated rings. The monoisotopic (exact) mass is 266 g/mol. The molecule has 1 rings (SSSR count). The van der Waals surface area contributed by atoms with Gasteiger partial charge in [-0.15, -0.1) is 0 Å². The average Bonchev–Trinajstić information content (AvgIpc) is 2.43. The van der Waals surface area contributed by atoms with Gasteiger partial charge in [-0.25, -0.2) is 0 Å². The third-order valence-corrected chi connectivity index (χ3v) is 2.94. The Kier molecular flexibility index (Phi) is 6.02. The van der Waals surface area contributed by atoms with E-state index in [4.69, 9.17) is 9.84 Å². The quantitative estimate of drug-likeness (QED) is 0.764. The van der Waals surface area contributed by atoms with Gasteiger partial charge in [-0.2, -0.15) is 0 Å². The molecule has 1 aromatic carbocycles. The van der Waals surface area contributed by atoms with Gasteiger partial charge in [-0.1, -0.05) is 30.3 Å². The smallest absolute Gasteiger partial charge is 0.307 e. The molecule has 0 aliphatic rings. The Hall–Kier alpha value is -1.88. The molecule has 1 N–H and O–H groups in total. The van der Waals surface area contributed by atoms with Crippen LogP contribution in [0.5, 0.6) is 0 Å². The topological polar surface area (TPSA) is 72.8 Å². The summed E-state index contributed by atoms with van der Waals surface area (Å²) >= 11 is 0. The SMILES string of the molecule is COC(=O)C[C@H](C[C@@H](OC)c1ccccc1)C(=O)O. The number of ether oxygens (including phenoxy) is 2. The molecular formula is C14H18O5. The van der Waals surface area contributed by atoms with Crippen molar-refractivity contribution in [3.63, 3.8) is 0 Å². The third-order valence-electron chi connectivity index (χ3n) is 2.94. The second-order valence-corrected chi connectivity index (χ2v) is 4.19. The van der Waals surface area contributed by atoms with Gasteiger partial charge < -0.3 is 14.6 Å². The summed E-state index contributed by atoms with van der Waals surface area (Å²) in [6.45, 7) is 0. The first-order valence-electron chi connectivity index (χ1n) is 5.95. The fraction of sp³-hybridized carbons (Fsp3) is 0.429. The summed E-state index contributed by atoms with van der Waals surface area (Å²) in [5, 5.41) is 9.15. The van der Waals surface area contributed by atoms with Crippen LogP contribution in [0, 0.1) is 5.92 Å². The van der Waals surface area contributed by atoms with Crippen molar-refractivity contribution in [2.75, 3.05) is 14.2 Å². The number of esters is 1. The Morgan fingerprint density at radius 3 is 2.32 bits per heavy atom. The molecule has 0 saturated carbocycles. The molecular weight excluding hydrogens is 248 g/mol. The summed E-state index contributed by atoms with van der Waals surface area (Å²) in [6, 6.07) is 9.32. The lowest BCUT2D eigenvalue weighted by atomic mass is 9.94. The van der Waals surface area contributed by atoms with Crippen LogP contribution in [0.15, 0.2) is 30.3 Å². The molecule has 0 aliphatic carbocycles. The Morgan fingerprint density at radius 2 is 1.84 bits per heavy atom. The molecule has 1 aromatic rings. The molecule has 0 aliphatic heterocycles. The molecule has 104 valence electrons. The van der Waals surface area contributed by atoms with Crippen molar-refractivity contribution in [1.29, 1.82) is 0 Å². The zero-order valence-corrected chi connectivity index (χ0v) is 11.0. The second-order valence-electron chi connectivity index (χ2n) is 4.19. The Labute approximate surface area is 112 Å². The lowest BCUT2D eigenvalue weighted by Crippen LogP contribution is -2.22. The Bertz CT molecular complexity index is 415. The minimum atomic E-state index is -1.02. The maximum absolute atomic E-state index is 11.2. The number of carbonyl (C=O) groups is 2. The molecule has 0 spiro atoms. The zero-order valence-electron chi connectivity index (χ0n) is 11.0. The van der Waals surface area contributed by atoms with Gasteiger partial charge in [-0.3, -0.25) is 9.59 Å². The normalized spacial score (nSPS) is 13.6. The van der Waals surface area contributed by atoms with E-state index in [9.17, 15) is 9.59 Å². The fourth-order valence-corrected chi connectivity index (χ4v) is 1.85. The molecule has 0 saturated heterocycles. The molecule has 5 nitrogen and oxygen atoms in total. The molecule has 0 aromatic heterocycles. The van der Waals surface area contributed by atoms with E-state index in [-0.39, 0.29) is 18.9 Å². The summed E-state index contributed by atoms with van der Waals surface area (Å²) in [5.74, 6) is -2.38. The van der Waals surface area contributed by atoms with E-state index in [0.29, 0.717) is 0 Å². The highest BCUT2D eigenvalue weighted by molar-refractivity contribution is 5.78. The highest BCUT2D eigenvalue weighted by atomic mass is 16.5. The van der Waals surface area contributed by atoms with Crippen LogP contribution in [0.25, 0.3) is 0 Å². The van der Waals surface area contributed by atoms with Crippen molar-refractivity contribution >= 4 is 11.9 Å². The average molecular weight is 266 g/mol. The highest BCUT2D eigenvalue weighted by Gasteiger charge is 2.26. The Balaban J connectivity index is 2.76. The third kappa shape index (κ3) is 4.71. The fourth-order valence-electron chi connectivity index (χ4n) is 1.85. The summed E-state index contributed by atoms with van der Waals surface area (Å²) in [4.78, 5) is 22.4. The molecule has 0 heterocycles. The molecule has 19 heavy (non-hydrogen) atoms. The number of hydrogen-bond acceptors (Lipinski definition) is 4. The highest BCUT2D eigenvalue weighted by Crippen LogP contribution is 2.26. The number of carboxylic acid groups (broad SMARTS) is 1. The molecule has 2 atom stereocenters. The number of benzene rings is 1. The lowest BCUT2D eigenvalue weighted by molar-refractivity contribution is -0.151. The number of carbonyl (C=O) groups excluding carboxylic acids is 1. The van der Waals surface area contributed by atoms with Crippen molar-refractivity contribution in [3.05, 3.63) is 35.9 Å². The molecule has 5 heteroatoms. The van der Waals surface area contributed by atoms with Crippen LogP contribution in [-0.2, 0) is 19.1 Å². The minimum Gasteiger partial charge on any atom is -0.481 e. The predicted octanol–water partition coefficient (Wildman–Crippen LogP) is 2.03. The number of methoxy groups -OCH3 is 2. The van der Waals surface area contributed by atoms with E-state index in [1.165, 1.54) is 14.2 Å². The first-order valence-corrected chi connectivity index (χ1v) is 5.95. The number of carboxylic acids is 1. The largest absolute Gasteiger partial charge is 0.481 e. The van der Waals surface area contributed by atoms with Crippen LogP contribution in [-0.4, -0.2) is 31.3 Å². The van der Waals surface area contributed by atoms with Crippen molar-refractivity contribution in [2.45, 2.75) is 18.9 Å². The van der Waals surface area contributed by atoms with Crippen LogP contribution in [0.2, 0.25) is 0 Å². The summed E-state index contributed by atoms with van der Waals surface area (Å²) < 4.78 is 9.83. The summed E-state index contributed by atoms with van der Waals surface area (Å²) in [6.07, 6.45) is -0.282. The van der Waals surface area contributed by atoms with Crippen LogP contribution in [0.3, 0.4) is 0 Å². The van der Waals surface area contributed by atoms with Gasteiger partial charge in [0.15, 0.2) is 0 Å². The number of aliphatic carboxylic acids is 1. The van der Waals surface area contributed by atoms with Gasteiger partial charge in [0.25, 0.3) is 0 Å². The van der Waals surface area contributed by atoms with Gasteiger partial charge in [0.05, 0.1) is 25.6 Å². The molecule has 0 bridgehead atoms. The van der Waals surface area contributed by atoms with E-state index >= 15 is 0 Å². The first kappa shape index (κ1) is 15.2. The molecule has 0 radical (unpaired) electrons. The van der Waals surface area contributed by atoms with E-state index in [1.54, 1.807) is 0 Å². The maximum Gasteiger partial charge on any atom is 0.307 e. The van der Waals surface area contributed by atoms with Gasteiger partial charge in [-0.05, 0) is 12.0 Å². The Morgan fingerprint density at radius 1 is 1.21 bits per heavy atom. The van der Waals surface area contributed by atoms with Gasteiger partial charge in [0, 0.05) is 7.11 Å². The second kappa shape index (κ2) is 7.53. The van der Waals surface area contributed by atoms with Crippen molar-refractivity contribution < 1.29 is 24.2 Å². The molecule has 0 unspecified atom stereocenters. The molecule has 0 amide bonds. The van der Waals surface area contributed by atoms with E-state index in [0.717, 1.165) is 5.56 Å². The van der Waals surface area contributed by atoms with Crippen LogP contribution < -0.4 is 0 Å². The summed E-state index contributed by atoms with van der Waals surface area (Å²) in [7, 11) is 2.76. The summed E-state index contributed by atoms with van der Waals surface area (Å²) in [5.41, 5.74) is 0.890. The standard InChI is InChI=1S/C14H18O5/c1-18-12(10-6-4-3-5-7-10)8-11(14(16)17)9-13(15)19-2/h3-7,11-12H,8-9H2,1-2H3,(H,16,17)/t11-,12+/m0/s1. The maximum atomic E-state index is 11.2. The van der Waals surface area contributed by atoms with Gasteiger partial charge in [0.1, 0.15) is 0 Å². The van der Waals surface area contributed by atoms with Crippen LogP contribution >= 0.6 is 0 Å². The van der Waals surface area contributed by atoms with E-state index in [2.05, 4.69) is 4.74 Å². The van der Waals surface area contributed by atoms with Crippen molar-refractivity contribution in [3.8, 4) is 0 Å². The van der Waals surface area contributed by atoms with Crippen LogP contribution in [0.1, 0.15) is 24.5 Å². The number of hydrogen-bond donors (Lipinski definition) is 1. The predicted molar refractivity (Wildman–Crippen MR) is 68.6 cm³/mol. The van der Waals surface area contributed by atoms with E-state index < -0.39 is 17.9 Å². The lowest BCUT2D eigenvalue weighted by Gasteiger charge is -2.19.